The van der Waals surface area contributed by atoms with Crippen LogP contribution in [0, 0.1) is 10.1 Å². The molecule has 0 radical (unpaired) electrons. The number of hydrogen-bond donors (Lipinski definition) is 0. The van der Waals surface area contributed by atoms with Crippen molar-refractivity contribution in [3.05, 3.63) is 30.9 Å². The smallest absolute Gasteiger partial charge is 0.229 e. The number of rotatable bonds is 2. The van der Waals surface area contributed by atoms with Crippen LogP contribution in [0.1, 0.15) is 5.56 Å². The van der Waals surface area contributed by atoms with Crippen LogP contribution >= 0.6 is 27.3 Å². The first-order chi connectivity index (χ1) is 4.68. The highest BCUT2D eigenvalue weighted by atomic mass is 79.9. The highest BCUT2D eigenvalue weighted by Crippen LogP contribution is 2.20. The Balaban J connectivity index is 2.67. The van der Waals surface area contributed by atoms with Crippen LogP contribution in [0.15, 0.2) is 15.2 Å². The Morgan fingerprint density at radius 2 is 2.50 bits per heavy atom. The third-order valence-electron chi connectivity index (χ3n) is 0.933. The molecule has 0 aliphatic rings. The fourth-order valence-corrected chi connectivity index (χ4v) is 1.78. The first-order valence-electron chi connectivity index (χ1n) is 2.53. The molecule has 1 heterocycles. The van der Waals surface area contributed by atoms with E-state index in [4.69, 9.17) is 0 Å². The Bertz CT molecular complexity index is 248. The van der Waals surface area contributed by atoms with Gasteiger partial charge in [0.15, 0.2) is 0 Å². The molecule has 0 aliphatic heterocycles. The van der Waals surface area contributed by atoms with Crippen LogP contribution in [-0.2, 0) is 6.54 Å². The fraction of sp³-hybridized carbons (Fsp3) is 0.200. The minimum absolute atomic E-state index is 0.0813. The van der Waals surface area contributed by atoms with Gasteiger partial charge in [0.25, 0.3) is 0 Å². The second-order valence-electron chi connectivity index (χ2n) is 1.75. The lowest BCUT2D eigenvalue weighted by molar-refractivity contribution is -0.496. The van der Waals surface area contributed by atoms with Crippen molar-refractivity contribution >= 4 is 27.3 Å². The summed E-state index contributed by atoms with van der Waals surface area (Å²) in [7, 11) is 0. The second kappa shape index (κ2) is 3.12. The number of halogens is 1. The van der Waals surface area contributed by atoms with Crippen molar-refractivity contribution in [3.63, 3.8) is 0 Å². The first kappa shape index (κ1) is 7.68. The van der Waals surface area contributed by atoms with E-state index in [1.165, 1.54) is 11.3 Å². The minimum Gasteiger partial charge on any atom is -0.264 e. The molecule has 0 saturated heterocycles. The van der Waals surface area contributed by atoms with Gasteiger partial charge in [-0.25, -0.2) is 0 Å². The first-order valence-corrected chi connectivity index (χ1v) is 4.20. The van der Waals surface area contributed by atoms with Crippen molar-refractivity contribution in [1.29, 1.82) is 0 Å². The van der Waals surface area contributed by atoms with E-state index in [1.807, 2.05) is 0 Å². The summed E-state index contributed by atoms with van der Waals surface area (Å²) < 4.78 is 0.935. The molecule has 0 amide bonds. The summed E-state index contributed by atoms with van der Waals surface area (Å²) in [5, 5.41) is 11.7. The van der Waals surface area contributed by atoms with E-state index >= 15 is 0 Å². The van der Waals surface area contributed by atoms with Crippen LogP contribution in [0.25, 0.3) is 0 Å². The van der Waals surface area contributed by atoms with Crippen LogP contribution in [0.3, 0.4) is 0 Å². The molecule has 5 heteroatoms. The molecule has 10 heavy (non-hydrogen) atoms. The van der Waals surface area contributed by atoms with E-state index in [9.17, 15) is 10.1 Å². The van der Waals surface area contributed by atoms with E-state index in [1.54, 1.807) is 11.4 Å². The SMILES string of the molecule is O=[N+]([O-])Cc1csc(Br)c1. The highest BCUT2D eigenvalue weighted by molar-refractivity contribution is 9.11. The lowest BCUT2D eigenvalue weighted by Crippen LogP contribution is -1.95. The van der Waals surface area contributed by atoms with Gasteiger partial charge in [-0.3, -0.25) is 10.1 Å². The van der Waals surface area contributed by atoms with Gasteiger partial charge in [-0.2, -0.15) is 0 Å². The number of thiophene rings is 1. The maximum Gasteiger partial charge on any atom is 0.229 e. The van der Waals surface area contributed by atoms with Gasteiger partial charge in [-0.05, 0) is 22.0 Å². The molecule has 1 aromatic rings. The van der Waals surface area contributed by atoms with Crippen LogP contribution < -0.4 is 0 Å². The monoisotopic (exact) mass is 221 g/mol. The lowest BCUT2D eigenvalue weighted by atomic mass is 10.3. The van der Waals surface area contributed by atoms with Gasteiger partial charge in [0.1, 0.15) is 0 Å². The Hall–Kier alpha value is -0.420. The molecule has 0 aliphatic carbocycles. The number of nitrogens with zero attached hydrogens (tertiary/aromatic N) is 1. The average Bonchev–Trinajstić information content (AvgIpc) is 2.13. The molecule has 0 spiro atoms. The second-order valence-corrected chi connectivity index (χ2v) is 4.04. The zero-order valence-corrected chi connectivity index (χ0v) is 7.31. The maximum atomic E-state index is 9.97. The van der Waals surface area contributed by atoms with Crippen molar-refractivity contribution in [1.82, 2.24) is 0 Å². The van der Waals surface area contributed by atoms with E-state index in [0.29, 0.717) is 0 Å². The van der Waals surface area contributed by atoms with Gasteiger partial charge in [0.2, 0.25) is 6.54 Å². The summed E-state index contributed by atoms with van der Waals surface area (Å²) >= 11 is 4.68. The highest BCUT2D eigenvalue weighted by Gasteiger charge is 2.02. The normalized spacial score (nSPS) is 9.70. The van der Waals surface area contributed by atoms with Crippen molar-refractivity contribution in [3.8, 4) is 0 Å². The Kier molecular flexibility index (Phi) is 2.39. The summed E-state index contributed by atoms with van der Waals surface area (Å²) in [4.78, 5) is 9.63. The molecule has 0 aromatic carbocycles. The van der Waals surface area contributed by atoms with Gasteiger partial charge in [-0.1, -0.05) is 0 Å². The van der Waals surface area contributed by atoms with Crippen molar-refractivity contribution < 1.29 is 4.92 Å². The molecule has 0 bridgehead atoms. The zero-order valence-electron chi connectivity index (χ0n) is 4.91. The molecule has 1 rings (SSSR count). The standard InChI is InChI=1S/C5H4BrNO2S/c6-5-1-4(3-10-5)2-7(8)9/h1,3H,2H2. The number of hydrogen-bond acceptors (Lipinski definition) is 3. The summed E-state index contributed by atoms with van der Waals surface area (Å²) in [5.41, 5.74) is 0.752. The molecule has 3 nitrogen and oxygen atoms in total. The molecular formula is C5H4BrNO2S. The van der Waals surface area contributed by atoms with Gasteiger partial charge in [-0.15, -0.1) is 11.3 Å². The van der Waals surface area contributed by atoms with E-state index in [2.05, 4.69) is 15.9 Å². The Morgan fingerprint density at radius 1 is 1.80 bits per heavy atom. The summed E-state index contributed by atoms with van der Waals surface area (Å²) in [5.74, 6) is 0. The van der Waals surface area contributed by atoms with Crippen molar-refractivity contribution in [2.24, 2.45) is 0 Å². The van der Waals surface area contributed by atoms with Crippen molar-refractivity contribution in [2.75, 3.05) is 0 Å². The zero-order chi connectivity index (χ0) is 7.56. The lowest BCUT2D eigenvalue weighted by Gasteiger charge is -1.84. The summed E-state index contributed by atoms with van der Waals surface area (Å²) in [6.07, 6.45) is 0. The third-order valence-corrected chi connectivity index (χ3v) is 2.49. The van der Waals surface area contributed by atoms with Gasteiger partial charge in [0.05, 0.1) is 3.79 Å². The predicted octanol–water partition coefficient (Wildman–Crippen LogP) is 2.29. The molecule has 0 N–H and O–H groups in total. The van der Waals surface area contributed by atoms with Gasteiger partial charge in [0, 0.05) is 15.9 Å². The molecule has 0 fully saturated rings. The van der Waals surface area contributed by atoms with Crippen LogP contribution in [0.2, 0.25) is 0 Å². The number of nitro groups is 1. The molecule has 1 aromatic heterocycles. The fourth-order valence-electron chi connectivity index (χ4n) is 0.578. The van der Waals surface area contributed by atoms with Crippen LogP contribution in [0.4, 0.5) is 0 Å². The van der Waals surface area contributed by atoms with Gasteiger partial charge < -0.3 is 0 Å². The van der Waals surface area contributed by atoms with Gasteiger partial charge >= 0.3 is 0 Å². The van der Waals surface area contributed by atoms with Crippen LogP contribution in [0.5, 0.6) is 0 Å². The Labute approximate surface area is 70.0 Å². The maximum absolute atomic E-state index is 9.97. The van der Waals surface area contributed by atoms with E-state index in [0.717, 1.165) is 9.35 Å². The largest absolute Gasteiger partial charge is 0.264 e. The van der Waals surface area contributed by atoms with E-state index < -0.39 is 0 Å². The quantitative estimate of drug-likeness (QED) is 0.569. The van der Waals surface area contributed by atoms with Crippen molar-refractivity contribution in [2.45, 2.75) is 6.54 Å². The molecule has 0 saturated carbocycles. The van der Waals surface area contributed by atoms with Crippen LogP contribution in [-0.4, -0.2) is 4.92 Å². The molecule has 0 unspecified atom stereocenters. The summed E-state index contributed by atoms with van der Waals surface area (Å²) in [6.45, 7) is -0.0813. The Morgan fingerprint density at radius 3 is 2.90 bits per heavy atom. The minimum atomic E-state index is -0.339. The topological polar surface area (TPSA) is 43.1 Å². The predicted molar refractivity (Wildman–Crippen MR) is 42.7 cm³/mol. The molecular weight excluding hydrogens is 218 g/mol. The third kappa shape index (κ3) is 2.07. The van der Waals surface area contributed by atoms with E-state index in [-0.39, 0.29) is 11.5 Å². The summed E-state index contributed by atoms with van der Waals surface area (Å²) in [6, 6.07) is 1.76. The average molecular weight is 222 g/mol. The molecule has 54 valence electrons. The molecule has 0 atom stereocenters.